The molecule has 0 saturated heterocycles. The summed E-state index contributed by atoms with van der Waals surface area (Å²) in [5.41, 5.74) is 8.87. The molecule has 2 heterocycles. The Hall–Kier alpha value is -1.88. The summed E-state index contributed by atoms with van der Waals surface area (Å²) in [7, 11) is 1.81. The summed E-state index contributed by atoms with van der Waals surface area (Å²) in [6.07, 6.45) is 2.60. The van der Waals surface area contributed by atoms with Crippen LogP contribution in [0.5, 0.6) is 11.5 Å². The minimum atomic E-state index is 0.212. The predicted octanol–water partition coefficient (Wildman–Crippen LogP) is 3.61. The number of hydrogen-bond acceptors (Lipinski definition) is 4. The van der Waals surface area contributed by atoms with E-state index in [0.717, 1.165) is 28.9 Å². The van der Waals surface area contributed by atoms with Gasteiger partial charge in [-0.2, -0.15) is 5.10 Å². The first-order valence-corrected chi connectivity index (χ1v) is 7.78. The van der Waals surface area contributed by atoms with Crippen molar-refractivity contribution in [1.82, 2.24) is 9.78 Å². The Kier molecular flexibility index (Phi) is 3.91. The molecule has 3 rings (SSSR count). The molecule has 0 fully saturated rings. The first-order chi connectivity index (χ1) is 10.5. The van der Waals surface area contributed by atoms with Gasteiger partial charge in [-0.25, -0.2) is 0 Å². The van der Waals surface area contributed by atoms with Crippen LogP contribution in [0.3, 0.4) is 0 Å². The Morgan fingerprint density at radius 2 is 2.05 bits per heavy atom. The summed E-state index contributed by atoms with van der Waals surface area (Å²) in [5, 5.41) is 4.83. The number of ether oxygens (including phenoxy) is 2. The van der Waals surface area contributed by atoms with Crippen molar-refractivity contribution in [3.05, 3.63) is 22.8 Å². The standard InChI is InChI=1S/C16H20ClN3O2/c1-9(2)13-14(10-8-19-20(3)16(10)18)11(17)7-12-15(13)22-6-4-5-21-12/h7-9H,4-6,18H2,1-3H3. The molecule has 118 valence electrons. The maximum atomic E-state index is 6.55. The van der Waals surface area contributed by atoms with Crippen LogP contribution in [-0.4, -0.2) is 23.0 Å². The number of nitrogen functional groups attached to an aromatic ring is 1. The minimum Gasteiger partial charge on any atom is -0.489 e. The molecule has 0 spiro atoms. The molecule has 0 atom stereocenters. The zero-order chi connectivity index (χ0) is 15.9. The van der Waals surface area contributed by atoms with E-state index in [1.165, 1.54) is 0 Å². The van der Waals surface area contributed by atoms with Gasteiger partial charge in [0.2, 0.25) is 0 Å². The number of rotatable bonds is 2. The molecule has 1 aliphatic heterocycles. The van der Waals surface area contributed by atoms with Crippen molar-refractivity contribution < 1.29 is 9.47 Å². The summed E-state index contributed by atoms with van der Waals surface area (Å²) in [6, 6.07) is 1.82. The van der Waals surface area contributed by atoms with E-state index in [4.69, 9.17) is 26.8 Å². The first-order valence-electron chi connectivity index (χ1n) is 7.40. The van der Waals surface area contributed by atoms with Crippen LogP contribution < -0.4 is 15.2 Å². The molecule has 0 bridgehead atoms. The lowest BCUT2D eigenvalue weighted by Gasteiger charge is -2.20. The highest BCUT2D eigenvalue weighted by Gasteiger charge is 2.26. The van der Waals surface area contributed by atoms with Crippen LogP contribution in [0.4, 0.5) is 5.82 Å². The van der Waals surface area contributed by atoms with E-state index in [9.17, 15) is 0 Å². The quantitative estimate of drug-likeness (QED) is 0.918. The third-order valence-corrected chi connectivity index (χ3v) is 4.16. The highest BCUT2D eigenvalue weighted by molar-refractivity contribution is 6.34. The van der Waals surface area contributed by atoms with E-state index in [-0.39, 0.29) is 5.92 Å². The average Bonchev–Trinajstić information content (AvgIpc) is 2.67. The molecule has 0 saturated carbocycles. The van der Waals surface area contributed by atoms with Gasteiger partial charge in [0.25, 0.3) is 0 Å². The Morgan fingerprint density at radius 1 is 1.32 bits per heavy atom. The highest BCUT2D eigenvalue weighted by atomic mass is 35.5. The zero-order valence-electron chi connectivity index (χ0n) is 13.0. The van der Waals surface area contributed by atoms with Gasteiger partial charge >= 0.3 is 0 Å². The summed E-state index contributed by atoms with van der Waals surface area (Å²) in [5.74, 6) is 2.27. The number of aryl methyl sites for hydroxylation is 1. The van der Waals surface area contributed by atoms with E-state index in [0.29, 0.717) is 29.8 Å². The van der Waals surface area contributed by atoms with Gasteiger partial charge in [0.05, 0.1) is 24.4 Å². The molecule has 6 heteroatoms. The van der Waals surface area contributed by atoms with Crippen LogP contribution in [0.2, 0.25) is 5.02 Å². The van der Waals surface area contributed by atoms with Gasteiger partial charge in [-0.15, -0.1) is 0 Å². The lowest BCUT2D eigenvalue weighted by molar-refractivity contribution is 0.296. The molecule has 1 aromatic heterocycles. The lowest BCUT2D eigenvalue weighted by Crippen LogP contribution is -2.04. The van der Waals surface area contributed by atoms with Crippen LogP contribution in [0, 0.1) is 0 Å². The van der Waals surface area contributed by atoms with Crippen LogP contribution in [0.1, 0.15) is 31.7 Å². The maximum Gasteiger partial charge on any atom is 0.165 e. The van der Waals surface area contributed by atoms with Gasteiger partial charge in [-0.05, 0) is 5.92 Å². The summed E-state index contributed by atoms with van der Waals surface area (Å²) in [4.78, 5) is 0. The Balaban J connectivity index is 2.30. The predicted molar refractivity (Wildman–Crippen MR) is 87.8 cm³/mol. The fraction of sp³-hybridized carbons (Fsp3) is 0.438. The Morgan fingerprint density at radius 3 is 2.68 bits per heavy atom. The van der Waals surface area contributed by atoms with Crippen LogP contribution in [0.25, 0.3) is 11.1 Å². The molecule has 0 aliphatic carbocycles. The normalized spacial score (nSPS) is 14.2. The van der Waals surface area contributed by atoms with Gasteiger partial charge in [0.1, 0.15) is 5.82 Å². The smallest absolute Gasteiger partial charge is 0.165 e. The van der Waals surface area contributed by atoms with Gasteiger partial charge in [-0.3, -0.25) is 4.68 Å². The molecule has 0 radical (unpaired) electrons. The number of nitrogens with zero attached hydrogens (tertiary/aromatic N) is 2. The number of anilines is 1. The van der Waals surface area contributed by atoms with Crippen LogP contribution in [0.15, 0.2) is 12.3 Å². The molecule has 1 aliphatic rings. The molecule has 22 heavy (non-hydrogen) atoms. The van der Waals surface area contributed by atoms with Crippen molar-refractivity contribution in [3.63, 3.8) is 0 Å². The van der Waals surface area contributed by atoms with Gasteiger partial charge in [-0.1, -0.05) is 25.4 Å². The fourth-order valence-corrected chi connectivity index (χ4v) is 3.07. The zero-order valence-corrected chi connectivity index (χ0v) is 13.8. The molecular formula is C16H20ClN3O2. The second kappa shape index (κ2) is 5.72. The third kappa shape index (κ3) is 2.39. The summed E-state index contributed by atoms with van der Waals surface area (Å²) < 4.78 is 13.4. The molecule has 2 N–H and O–H groups in total. The molecule has 5 nitrogen and oxygen atoms in total. The molecule has 1 aromatic carbocycles. The largest absolute Gasteiger partial charge is 0.489 e. The lowest BCUT2D eigenvalue weighted by atomic mass is 9.92. The van der Waals surface area contributed by atoms with E-state index in [2.05, 4.69) is 18.9 Å². The van der Waals surface area contributed by atoms with Crippen molar-refractivity contribution in [2.75, 3.05) is 18.9 Å². The fourth-order valence-electron chi connectivity index (χ4n) is 2.76. The number of benzene rings is 1. The SMILES string of the molecule is CC(C)c1c2c(cc(Cl)c1-c1cnn(C)c1N)OCCCO2. The van der Waals surface area contributed by atoms with Gasteiger partial charge in [0, 0.05) is 36.2 Å². The number of fused-ring (bicyclic) bond motifs is 1. The molecule has 0 unspecified atom stereocenters. The number of hydrogen-bond donors (Lipinski definition) is 1. The monoisotopic (exact) mass is 321 g/mol. The maximum absolute atomic E-state index is 6.55. The van der Waals surface area contributed by atoms with Gasteiger partial charge in [0.15, 0.2) is 11.5 Å². The van der Waals surface area contributed by atoms with Crippen molar-refractivity contribution in [2.24, 2.45) is 7.05 Å². The van der Waals surface area contributed by atoms with Crippen molar-refractivity contribution in [1.29, 1.82) is 0 Å². The molecule has 0 amide bonds. The van der Waals surface area contributed by atoms with Crippen molar-refractivity contribution in [2.45, 2.75) is 26.2 Å². The Labute approximate surface area is 135 Å². The number of nitrogens with two attached hydrogens (primary N) is 1. The van der Waals surface area contributed by atoms with Crippen LogP contribution >= 0.6 is 11.6 Å². The Bertz CT molecular complexity index is 710. The highest BCUT2D eigenvalue weighted by Crippen LogP contribution is 2.48. The number of halogens is 1. The average molecular weight is 322 g/mol. The van der Waals surface area contributed by atoms with Crippen molar-refractivity contribution >= 4 is 17.4 Å². The number of aromatic nitrogens is 2. The minimum absolute atomic E-state index is 0.212. The van der Waals surface area contributed by atoms with E-state index in [1.807, 2.05) is 13.1 Å². The van der Waals surface area contributed by atoms with Gasteiger partial charge < -0.3 is 15.2 Å². The summed E-state index contributed by atoms with van der Waals surface area (Å²) >= 11 is 6.55. The second-order valence-electron chi connectivity index (χ2n) is 5.75. The molecule has 2 aromatic rings. The topological polar surface area (TPSA) is 62.3 Å². The first kappa shape index (κ1) is 15.0. The van der Waals surface area contributed by atoms with Crippen LogP contribution in [-0.2, 0) is 7.05 Å². The van der Waals surface area contributed by atoms with E-state index in [1.54, 1.807) is 10.9 Å². The van der Waals surface area contributed by atoms with E-state index >= 15 is 0 Å². The van der Waals surface area contributed by atoms with Crippen molar-refractivity contribution in [3.8, 4) is 22.6 Å². The third-order valence-electron chi connectivity index (χ3n) is 3.86. The molecular weight excluding hydrogens is 302 g/mol. The summed E-state index contributed by atoms with van der Waals surface area (Å²) in [6.45, 7) is 5.48. The second-order valence-corrected chi connectivity index (χ2v) is 6.15. The van der Waals surface area contributed by atoms with E-state index < -0.39 is 0 Å².